The number of allylic oxidation sites excluding steroid dienone is 1. The molecule has 5 unspecified atom stereocenters. The molecule has 2 fully saturated rings. The topological polar surface area (TPSA) is 21.6 Å². The Bertz CT molecular complexity index is 669. The smallest absolute Gasteiger partial charge is 0.255 e. The van der Waals surface area contributed by atoms with E-state index in [-0.39, 0.29) is 24.2 Å². The molecular weight excluding hydrogens is 308 g/mol. The first-order valence-electron chi connectivity index (χ1n) is 8.81. The van der Waals surface area contributed by atoms with Crippen LogP contribution in [0.1, 0.15) is 37.2 Å². The van der Waals surface area contributed by atoms with Crippen LogP contribution in [0.4, 0.5) is 8.78 Å². The second-order valence-electron chi connectivity index (χ2n) is 7.33. The molecule has 1 heterocycles. The number of alkyl halides is 2. The number of hydrogen-bond acceptors (Lipinski definition) is 2. The van der Waals surface area contributed by atoms with E-state index in [0.717, 1.165) is 19.3 Å². The van der Waals surface area contributed by atoms with Gasteiger partial charge >= 0.3 is 0 Å². The van der Waals surface area contributed by atoms with Crippen LogP contribution in [-0.4, -0.2) is 19.2 Å². The van der Waals surface area contributed by atoms with Gasteiger partial charge in [-0.05, 0) is 49.0 Å². The molecule has 4 heteroatoms. The van der Waals surface area contributed by atoms with Gasteiger partial charge in [-0.25, -0.2) is 8.78 Å². The molecule has 0 radical (unpaired) electrons. The summed E-state index contributed by atoms with van der Waals surface area (Å²) in [7, 11) is 1.56. The normalized spacial score (nSPS) is 36.7. The van der Waals surface area contributed by atoms with E-state index >= 15 is 8.78 Å². The number of benzene rings is 1. The number of fused-ring (bicyclic) bond motifs is 3. The van der Waals surface area contributed by atoms with Gasteiger partial charge in [0.25, 0.3) is 5.92 Å². The molecule has 1 aliphatic heterocycles. The first-order chi connectivity index (χ1) is 11.6. The first-order valence-corrected chi connectivity index (χ1v) is 8.81. The van der Waals surface area contributed by atoms with Crippen molar-refractivity contribution in [1.29, 1.82) is 0 Å². The lowest BCUT2D eigenvalue weighted by Crippen LogP contribution is -2.33. The molecule has 0 saturated heterocycles. The minimum absolute atomic E-state index is 0.0107. The Labute approximate surface area is 141 Å². The van der Waals surface area contributed by atoms with Crippen LogP contribution in [-0.2, 0) is 0 Å². The summed E-state index contributed by atoms with van der Waals surface area (Å²) in [6.07, 6.45) is 8.51. The lowest BCUT2D eigenvalue weighted by Gasteiger charge is -2.39. The summed E-state index contributed by atoms with van der Waals surface area (Å²) in [5, 5.41) is 0. The quantitative estimate of drug-likeness (QED) is 0.742. The predicted octanol–water partition coefficient (Wildman–Crippen LogP) is 5.06. The van der Waals surface area contributed by atoms with E-state index in [1.165, 1.54) is 0 Å². The number of halogens is 2. The third kappa shape index (κ3) is 2.47. The Hall–Kier alpha value is -1.71. The summed E-state index contributed by atoms with van der Waals surface area (Å²) in [6, 6.07) is 7.30. The first kappa shape index (κ1) is 15.8. The van der Waals surface area contributed by atoms with E-state index in [0.29, 0.717) is 17.2 Å². The number of methoxy groups -OCH3 is 1. The number of ether oxygens (including phenoxy) is 1. The zero-order valence-electron chi connectivity index (χ0n) is 13.9. The van der Waals surface area contributed by atoms with E-state index < -0.39 is 11.8 Å². The van der Waals surface area contributed by atoms with Crippen LogP contribution in [0, 0.1) is 23.7 Å². The number of para-hydroxylation sites is 1. The van der Waals surface area contributed by atoms with Crippen molar-refractivity contribution in [2.75, 3.05) is 7.11 Å². The zero-order valence-corrected chi connectivity index (χ0v) is 13.9. The van der Waals surface area contributed by atoms with E-state index in [1.54, 1.807) is 13.2 Å². The van der Waals surface area contributed by atoms with Crippen molar-refractivity contribution in [3.63, 3.8) is 0 Å². The van der Waals surface area contributed by atoms with Gasteiger partial charge in [-0.2, -0.15) is 0 Å². The van der Waals surface area contributed by atoms with Crippen LogP contribution >= 0.6 is 0 Å². The molecule has 24 heavy (non-hydrogen) atoms. The van der Waals surface area contributed by atoms with Crippen LogP contribution in [0.5, 0.6) is 5.75 Å². The molecule has 2 aliphatic carbocycles. The molecule has 0 spiro atoms. The number of nitrogens with zero attached hydrogens (tertiary/aromatic N) is 1. The Balaban J connectivity index is 1.72. The van der Waals surface area contributed by atoms with Gasteiger partial charge in [0.15, 0.2) is 0 Å². The number of hydrogen-bond donors (Lipinski definition) is 0. The highest BCUT2D eigenvalue weighted by Crippen LogP contribution is 2.62. The second-order valence-corrected chi connectivity index (χ2v) is 7.33. The maximum Gasteiger partial charge on any atom is 0.255 e. The van der Waals surface area contributed by atoms with Crippen LogP contribution in [0.3, 0.4) is 0 Å². The van der Waals surface area contributed by atoms with Crippen LogP contribution in [0.15, 0.2) is 41.5 Å². The SMILES string of the molecule is COc1ccccc1C1C2CCC3C=CN=CCC3C2CC1(F)F. The molecule has 1 aromatic rings. The van der Waals surface area contributed by atoms with Gasteiger partial charge in [-0.15, -0.1) is 0 Å². The van der Waals surface area contributed by atoms with Crippen LogP contribution < -0.4 is 4.74 Å². The Kier molecular flexibility index (Phi) is 3.93. The molecule has 5 atom stereocenters. The highest BCUT2D eigenvalue weighted by Gasteiger charge is 2.59. The Morgan fingerprint density at radius 2 is 1.96 bits per heavy atom. The lowest BCUT2D eigenvalue weighted by molar-refractivity contribution is -0.0178. The predicted molar refractivity (Wildman–Crippen MR) is 90.7 cm³/mol. The minimum Gasteiger partial charge on any atom is -0.496 e. The molecule has 2 saturated carbocycles. The Morgan fingerprint density at radius 1 is 1.12 bits per heavy atom. The average Bonchev–Trinajstić information content (AvgIpc) is 2.73. The molecule has 128 valence electrons. The van der Waals surface area contributed by atoms with E-state index in [9.17, 15) is 0 Å². The van der Waals surface area contributed by atoms with Gasteiger partial charge in [0, 0.05) is 24.4 Å². The van der Waals surface area contributed by atoms with Crippen molar-refractivity contribution in [2.24, 2.45) is 28.7 Å². The lowest BCUT2D eigenvalue weighted by atomic mass is 9.65. The average molecular weight is 331 g/mol. The highest BCUT2D eigenvalue weighted by atomic mass is 19.3. The summed E-state index contributed by atoms with van der Waals surface area (Å²) in [5.74, 6) is -2.05. The molecule has 3 aliphatic rings. The molecule has 0 N–H and O–H groups in total. The van der Waals surface area contributed by atoms with Gasteiger partial charge in [0.2, 0.25) is 0 Å². The van der Waals surface area contributed by atoms with Gasteiger partial charge < -0.3 is 4.74 Å². The molecule has 2 nitrogen and oxygen atoms in total. The summed E-state index contributed by atoms with van der Waals surface area (Å²) >= 11 is 0. The third-order valence-corrected chi connectivity index (χ3v) is 6.25. The van der Waals surface area contributed by atoms with Crippen molar-refractivity contribution in [1.82, 2.24) is 0 Å². The van der Waals surface area contributed by atoms with Crippen LogP contribution in [0.2, 0.25) is 0 Å². The van der Waals surface area contributed by atoms with Crippen molar-refractivity contribution >= 4 is 6.21 Å². The van der Waals surface area contributed by atoms with Gasteiger partial charge in [-0.1, -0.05) is 24.3 Å². The monoisotopic (exact) mass is 331 g/mol. The largest absolute Gasteiger partial charge is 0.496 e. The highest BCUT2D eigenvalue weighted by molar-refractivity contribution is 5.59. The summed E-state index contributed by atoms with van der Waals surface area (Å²) in [4.78, 5) is 4.24. The molecule has 4 rings (SSSR count). The summed E-state index contributed by atoms with van der Waals surface area (Å²) in [5.41, 5.74) is 0.675. The van der Waals surface area contributed by atoms with E-state index in [1.807, 2.05) is 30.6 Å². The third-order valence-electron chi connectivity index (χ3n) is 6.25. The fraction of sp³-hybridized carbons (Fsp3) is 0.550. The molecular formula is C20H23F2NO. The Morgan fingerprint density at radius 3 is 2.79 bits per heavy atom. The van der Waals surface area contributed by atoms with E-state index in [2.05, 4.69) is 11.1 Å². The van der Waals surface area contributed by atoms with Crippen molar-refractivity contribution < 1.29 is 13.5 Å². The number of aliphatic imine (C=N–C) groups is 1. The zero-order chi connectivity index (χ0) is 16.7. The van der Waals surface area contributed by atoms with Crippen molar-refractivity contribution in [2.45, 2.75) is 37.5 Å². The molecule has 0 aromatic heterocycles. The molecule has 1 aromatic carbocycles. The molecule has 0 bridgehead atoms. The number of rotatable bonds is 2. The fourth-order valence-corrected chi connectivity index (χ4v) is 5.29. The maximum absolute atomic E-state index is 15.1. The van der Waals surface area contributed by atoms with Gasteiger partial charge in [0.05, 0.1) is 13.0 Å². The summed E-state index contributed by atoms with van der Waals surface area (Å²) in [6.45, 7) is 0. The van der Waals surface area contributed by atoms with Crippen molar-refractivity contribution in [3.05, 3.63) is 42.1 Å². The van der Waals surface area contributed by atoms with Gasteiger partial charge in [0.1, 0.15) is 5.75 Å². The fourth-order valence-electron chi connectivity index (χ4n) is 5.29. The van der Waals surface area contributed by atoms with Gasteiger partial charge in [-0.3, -0.25) is 4.99 Å². The maximum atomic E-state index is 15.1. The molecule has 0 amide bonds. The minimum atomic E-state index is -2.67. The van der Waals surface area contributed by atoms with Crippen LogP contribution in [0.25, 0.3) is 0 Å². The standard InChI is InChI=1S/C20H23F2NO/c1-24-18-5-3-2-4-16(18)19-15-7-6-13-8-10-23-11-9-14(13)17(15)12-20(19,21)22/h2-5,8,10-11,13-15,17,19H,6-7,9,12H2,1H3. The van der Waals surface area contributed by atoms with Crippen molar-refractivity contribution in [3.8, 4) is 5.75 Å². The summed E-state index contributed by atoms with van der Waals surface area (Å²) < 4.78 is 35.5. The van der Waals surface area contributed by atoms with E-state index in [4.69, 9.17) is 4.74 Å². The second kappa shape index (κ2) is 5.98.